The molecule has 2 atom stereocenters. The van der Waals surface area contributed by atoms with E-state index in [0.29, 0.717) is 0 Å². The third-order valence-electron chi connectivity index (χ3n) is 2.75. The van der Waals surface area contributed by atoms with E-state index >= 15 is 0 Å². The second kappa shape index (κ2) is 10.2. The zero-order chi connectivity index (χ0) is 10.2. The molecule has 4 heteroatoms. The van der Waals surface area contributed by atoms with Crippen molar-refractivity contribution >= 4 is 21.7 Å². The van der Waals surface area contributed by atoms with Crippen LogP contribution in [0.1, 0.15) is 39.0 Å². The number of hydrogen-bond acceptors (Lipinski definition) is 2. The molecule has 2 unspecified atom stereocenters. The molecule has 0 amide bonds. The van der Waals surface area contributed by atoms with Crippen molar-refractivity contribution in [2.75, 3.05) is 13.2 Å². The van der Waals surface area contributed by atoms with Gasteiger partial charge in [-0.15, -0.1) is 0 Å². The maximum Gasteiger partial charge on any atom is -1.00 e. The summed E-state index contributed by atoms with van der Waals surface area (Å²) in [5.41, 5.74) is 0. The molecule has 86 valence electrons. The predicted octanol–water partition coefficient (Wildman–Crippen LogP) is -0.463. The van der Waals surface area contributed by atoms with Gasteiger partial charge < -0.3 is 12.4 Å². The molecule has 0 aliphatic carbocycles. The Balaban J connectivity index is 0.00000196. The van der Waals surface area contributed by atoms with E-state index in [1.807, 2.05) is 0 Å². The van der Waals surface area contributed by atoms with Crippen molar-refractivity contribution < 1.29 is 21.9 Å². The third-order valence-corrected chi connectivity index (χ3v) is 3.16. The molecule has 2 nitrogen and oxygen atoms in total. The Kier molecular flexibility index (Phi) is 10.8. The van der Waals surface area contributed by atoms with Crippen molar-refractivity contribution in [3.63, 3.8) is 0 Å². The van der Waals surface area contributed by atoms with Gasteiger partial charge in [0.25, 0.3) is 0 Å². The van der Waals surface area contributed by atoms with Gasteiger partial charge in [0.05, 0.1) is 0 Å². The Morgan fingerprint density at radius 1 is 1.40 bits per heavy atom. The van der Waals surface area contributed by atoms with Crippen LogP contribution in [0.5, 0.6) is 0 Å². The molecule has 0 radical (unpaired) electrons. The van der Waals surface area contributed by atoms with Crippen LogP contribution in [0.3, 0.4) is 0 Å². The first-order chi connectivity index (χ1) is 6.83. The fourth-order valence-electron chi connectivity index (χ4n) is 1.74. The molecule has 1 aliphatic rings. The Hall–Kier alpha value is 0.976. The molecule has 1 heterocycles. The van der Waals surface area contributed by atoms with Crippen LogP contribution in [0.4, 0.5) is 0 Å². The first-order valence-corrected chi connectivity index (χ1v) is 6.85. The summed E-state index contributed by atoms with van der Waals surface area (Å²) in [6.45, 7) is 4.06. The average molecular weight is 245 g/mol. The Morgan fingerprint density at radius 3 is 2.80 bits per heavy atom. The van der Waals surface area contributed by atoms with Gasteiger partial charge in [0.15, 0.2) is 0 Å². The Morgan fingerprint density at radius 2 is 2.20 bits per heavy atom. The van der Waals surface area contributed by atoms with Gasteiger partial charge in [0.2, 0.25) is 0 Å². The summed E-state index contributed by atoms with van der Waals surface area (Å²) in [4.78, 5) is 0. The van der Waals surface area contributed by atoms with Crippen LogP contribution in [0, 0.1) is 5.92 Å². The monoisotopic (exact) mass is 244 g/mol. The van der Waals surface area contributed by atoms with E-state index < -0.39 is 0 Å². The topological polar surface area (TPSA) is 18.5 Å². The maximum atomic E-state index is 5.68. The Bertz CT molecular complexity index is 141. The van der Waals surface area contributed by atoms with Gasteiger partial charge in [-0.2, -0.15) is 0 Å². The summed E-state index contributed by atoms with van der Waals surface area (Å²) in [7, 11) is 0. The average Bonchev–Trinajstić information content (AvgIpc) is 2.20. The standard InChI is InChI=1S/C11H21O2.ClH.Mg/c1-3-10(2)7-9-13-11-6-4-5-8-12-11;;/h10-11H,1,3-9H2,2H3;1H;/q;;+1/p-1. The molecule has 0 aromatic heterocycles. The summed E-state index contributed by atoms with van der Waals surface area (Å²) in [6, 6.07) is 0. The van der Waals surface area contributed by atoms with Gasteiger partial charge in [0, 0.05) is 0 Å². The molecule has 0 saturated carbocycles. The number of ether oxygens (including phenoxy) is 2. The van der Waals surface area contributed by atoms with Crippen LogP contribution in [0.25, 0.3) is 0 Å². The molecule has 0 N–H and O–H groups in total. The fourth-order valence-corrected chi connectivity index (χ4v) is 2.43. The molecule has 1 rings (SSSR count). The van der Waals surface area contributed by atoms with E-state index in [4.69, 9.17) is 9.47 Å². The van der Waals surface area contributed by atoms with Crippen molar-refractivity contribution in [2.24, 2.45) is 5.92 Å². The Labute approximate surface area is 112 Å². The minimum atomic E-state index is 0. The fraction of sp³-hybridized carbons (Fsp3) is 1.00. The van der Waals surface area contributed by atoms with Crippen molar-refractivity contribution in [2.45, 2.75) is 49.9 Å². The van der Waals surface area contributed by atoms with Gasteiger partial charge in [-0.1, -0.05) is 0 Å². The molecule has 0 aromatic carbocycles. The number of rotatable bonds is 6. The molecular weight excluding hydrogens is 224 g/mol. The first kappa shape index (κ1) is 16.0. The zero-order valence-corrected chi connectivity index (χ0v) is 11.9. The second-order valence-corrected chi connectivity index (χ2v) is 4.91. The molecule has 1 aliphatic heterocycles. The van der Waals surface area contributed by atoms with Gasteiger partial charge in [-0.3, -0.25) is 0 Å². The molecule has 1 saturated heterocycles. The maximum absolute atomic E-state index is 5.68. The quantitative estimate of drug-likeness (QED) is 0.589. The molecule has 0 aromatic rings. The van der Waals surface area contributed by atoms with Gasteiger partial charge in [-0.05, 0) is 0 Å². The van der Waals surface area contributed by atoms with Crippen LogP contribution in [0.15, 0.2) is 0 Å². The summed E-state index contributed by atoms with van der Waals surface area (Å²) in [6.07, 6.45) is 6.15. The van der Waals surface area contributed by atoms with E-state index in [2.05, 4.69) is 28.6 Å². The summed E-state index contributed by atoms with van der Waals surface area (Å²) in [5, 5.41) is 0. The molecule has 0 spiro atoms. The van der Waals surface area contributed by atoms with E-state index in [1.165, 1.54) is 30.2 Å². The summed E-state index contributed by atoms with van der Waals surface area (Å²) in [5.74, 6) is 0.802. The number of hydrogen-bond donors (Lipinski definition) is 0. The SMILES string of the molecule is CC(C[CH2][Mg+])CCOC1CCCCO1.[Cl-]. The molecular formula is C11H21ClMgO2. The van der Waals surface area contributed by atoms with Crippen LogP contribution in [-0.4, -0.2) is 41.2 Å². The minimum Gasteiger partial charge on any atom is -1.00 e. The van der Waals surface area contributed by atoms with E-state index in [1.54, 1.807) is 0 Å². The van der Waals surface area contributed by atoms with Gasteiger partial charge in [0.1, 0.15) is 0 Å². The smallest absolute Gasteiger partial charge is 1.00 e. The first-order valence-electron chi connectivity index (χ1n) is 5.85. The van der Waals surface area contributed by atoms with Crippen molar-refractivity contribution in [3.05, 3.63) is 0 Å². The largest absolute Gasteiger partial charge is 1.00 e. The van der Waals surface area contributed by atoms with Crippen molar-refractivity contribution in [3.8, 4) is 0 Å². The second-order valence-electron chi connectivity index (χ2n) is 4.20. The van der Waals surface area contributed by atoms with E-state index in [-0.39, 0.29) is 18.7 Å². The summed E-state index contributed by atoms with van der Waals surface area (Å²) < 4.78 is 12.5. The van der Waals surface area contributed by atoms with Crippen LogP contribution >= 0.6 is 0 Å². The van der Waals surface area contributed by atoms with Crippen LogP contribution in [-0.2, 0) is 9.47 Å². The van der Waals surface area contributed by atoms with Crippen LogP contribution in [0.2, 0.25) is 4.55 Å². The third kappa shape index (κ3) is 7.80. The molecule has 15 heavy (non-hydrogen) atoms. The molecule has 1 fully saturated rings. The normalized spacial score (nSPS) is 23.3. The molecule has 0 bridgehead atoms. The predicted molar refractivity (Wildman–Crippen MR) is 58.5 cm³/mol. The van der Waals surface area contributed by atoms with E-state index in [9.17, 15) is 0 Å². The van der Waals surface area contributed by atoms with E-state index in [0.717, 1.165) is 25.6 Å². The minimum absolute atomic E-state index is 0. The summed E-state index contributed by atoms with van der Waals surface area (Å²) >= 11 is 2.06. The van der Waals surface area contributed by atoms with Crippen LogP contribution < -0.4 is 12.4 Å². The zero-order valence-electron chi connectivity index (χ0n) is 9.71. The van der Waals surface area contributed by atoms with Gasteiger partial charge in [-0.25, -0.2) is 0 Å². The van der Waals surface area contributed by atoms with Crippen molar-refractivity contribution in [1.82, 2.24) is 0 Å². The van der Waals surface area contributed by atoms with Crippen molar-refractivity contribution in [1.29, 1.82) is 0 Å². The number of halogens is 1. The van der Waals surface area contributed by atoms with Gasteiger partial charge >= 0.3 is 100 Å².